The Bertz CT molecular complexity index is 909. The van der Waals surface area contributed by atoms with Gasteiger partial charge in [0, 0.05) is 0 Å². The molecule has 0 aliphatic heterocycles. The average Bonchev–Trinajstić information content (AvgIpc) is 3.25. The number of rotatable bonds is 49. The van der Waals surface area contributed by atoms with Crippen molar-refractivity contribution in [3.63, 3.8) is 0 Å². The van der Waals surface area contributed by atoms with Gasteiger partial charge in [-0.1, -0.05) is 244 Å². The summed E-state index contributed by atoms with van der Waals surface area (Å²) < 4.78 is 0. The average molecular weight is 848 g/mol. The zero-order valence-electron chi connectivity index (χ0n) is 40.2. The number of carbonyl (C=O) groups is 1. The molecule has 0 spiro atoms. The molecule has 5 N–H and O–H groups in total. The molecule has 356 valence electrons. The molecule has 0 radical (unpaired) electrons. The van der Waals surface area contributed by atoms with Crippen LogP contribution in [0.25, 0.3) is 0 Å². The minimum atomic E-state index is -1.28. The summed E-state index contributed by atoms with van der Waals surface area (Å²) in [4.78, 5) is 12.6. The lowest BCUT2D eigenvalue weighted by atomic mass is 10.00. The Kier molecular flexibility index (Phi) is 47.8. The topological polar surface area (TPSA) is 110 Å². The molecule has 60 heavy (non-hydrogen) atoms. The van der Waals surface area contributed by atoms with Crippen molar-refractivity contribution < 1.29 is 25.2 Å². The number of allylic oxidation sites excluding steroid dienone is 4. The summed E-state index contributed by atoms with van der Waals surface area (Å²) in [6.07, 6.45) is 58.1. The number of nitrogens with one attached hydrogen (secondary N) is 1. The SMILES string of the molecule is CCCCCCCCCCC/C=C\CCCCCCCCC(O)C(=O)NC(CO)C(O)C(O)CCC/C=C/CCCCCCCCCCCCCCCCCCCCCC. The van der Waals surface area contributed by atoms with E-state index in [1.807, 2.05) is 0 Å². The second-order valence-corrected chi connectivity index (χ2v) is 18.6. The predicted octanol–water partition coefficient (Wildman–Crippen LogP) is 15.1. The smallest absolute Gasteiger partial charge is 0.249 e. The minimum absolute atomic E-state index is 0.357. The molecule has 4 atom stereocenters. The van der Waals surface area contributed by atoms with Gasteiger partial charge in [0.1, 0.15) is 12.2 Å². The second kappa shape index (κ2) is 48.8. The third-order valence-electron chi connectivity index (χ3n) is 12.6. The second-order valence-electron chi connectivity index (χ2n) is 18.6. The molecule has 0 heterocycles. The van der Waals surface area contributed by atoms with E-state index in [0.717, 1.165) is 44.9 Å². The van der Waals surface area contributed by atoms with Gasteiger partial charge in [-0.3, -0.25) is 4.79 Å². The van der Waals surface area contributed by atoms with Crippen molar-refractivity contribution in [1.82, 2.24) is 5.32 Å². The van der Waals surface area contributed by atoms with Crippen LogP contribution in [0.4, 0.5) is 0 Å². The van der Waals surface area contributed by atoms with Gasteiger partial charge in [0.25, 0.3) is 0 Å². The molecule has 0 saturated heterocycles. The number of amides is 1. The van der Waals surface area contributed by atoms with Gasteiger partial charge in [-0.2, -0.15) is 0 Å². The summed E-state index contributed by atoms with van der Waals surface area (Å²) >= 11 is 0. The molecule has 0 fully saturated rings. The van der Waals surface area contributed by atoms with Gasteiger partial charge in [0.2, 0.25) is 5.91 Å². The number of aliphatic hydroxyl groups excluding tert-OH is 4. The first-order valence-electron chi connectivity index (χ1n) is 26.7. The zero-order valence-corrected chi connectivity index (χ0v) is 40.2. The van der Waals surface area contributed by atoms with Crippen LogP contribution < -0.4 is 5.32 Å². The fourth-order valence-corrected chi connectivity index (χ4v) is 8.40. The Morgan fingerprint density at radius 2 is 0.683 bits per heavy atom. The van der Waals surface area contributed by atoms with Gasteiger partial charge in [-0.15, -0.1) is 0 Å². The summed E-state index contributed by atoms with van der Waals surface area (Å²) in [5.41, 5.74) is 0. The van der Waals surface area contributed by atoms with Gasteiger partial charge < -0.3 is 25.7 Å². The van der Waals surface area contributed by atoms with E-state index in [1.54, 1.807) is 0 Å². The van der Waals surface area contributed by atoms with Gasteiger partial charge in [0.15, 0.2) is 0 Å². The quantitative estimate of drug-likeness (QED) is 0.0309. The minimum Gasteiger partial charge on any atom is -0.394 e. The standard InChI is InChI=1S/C54H105NO5/c1-3-5-7-9-11-13-15-17-19-21-23-24-25-26-27-28-30-31-33-35-37-39-41-43-45-47-51(57)53(59)50(49-56)55-54(60)52(58)48-46-44-42-40-38-36-34-32-29-22-20-18-16-14-12-10-8-6-4-2/h29,32,39,41,50-53,56-59H,3-28,30-31,33-38,40,42-49H2,1-2H3,(H,55,60)/b32-29-,41-39+. The van der Waals surface area contributed by atoms with E-state index in [-0.39, 0.29) is 0 Å². The summed E-state index contributed by atoms with van der Waals surface area (Å²) in [5, 5.41) is 43.9. The van der Waals surface area contributed by atoms with Crippen molar-refractivity contribution >= 4 is 5.91 Å². The van der Waals surface area contributed by atoms with Crippen LogP contribution in [-0.4, -0.2) is 57.3 Å². The van der Waals surface area contributed by atoms with Crippen LogP contribution in [0.15, 0.2) is 24.3 Å². The van der Waals surface area contributed by atoms with Crippen molar-refractivity contribution in [3.8, 4) is 0 Å². The maximum absolute atomic E-state index is 12.6. The first-order chi connectivity index (χ1) is 29.5. The van der Waals surface area contributed by atoms with Crippen LogP contribution in [0.1, 0.15) is 284 Å². The van der Waals surface area contributed by atoms with Crippen LogP contribution in [0, 0.1) is 0 Å². The molecule has 0 rings (SSSR count). The third kappa shape index (κ3) is 42.1. The summed E-state index contributed by atoms with van der Waals surface area (Å²) in [6.45, 7) is 4.07. The van der Waals surface area contributed by atoms with Crippen molar-refractivity contribution in [1.29, 1.82) is 0 Å². The van der Waals surface area contributed by atoms with Crippen LogP contribution in [0.5, 0.6) is 0 Å². The summed E-state index contributed by atoms with van der Waals surface area (Å²) in [7, 11) is 0. The van der Waals surface area contributed by atoms with Crippen LogP contribution in [-0.2, 0) is 4.79 Å². The van der Waals surface area contributed by atoms with E-state index < -0.39 is 36.9 Å². The molecule has 0 saturated carbocycles. The first kappa shape index (κ1) is 58.8. The number of unbranched alkanes of at least 4 members (excludes halogenated alkanes) is 36. The van der Waals surface area contributed by atoms with E-state index >= 15 is 0 Å². The van der Waals surface area contributed by atoms with Gasteiger partial charge >= 0.3 is 0 Å². The van der Waals surface area contributed by atoms with E-state index in [9.17, 15) is 25.2 Å². The van der Waals surface area contributed by atoms with Crippen molar-refractivity contribution in [2.45, 2.75) is 308 Å². The van der Waals surface area contributed by atoms with Crippen LogP contribution in [0.2, 0.25) is 0 Å². The lowest BCUT2D eigenvalue weighted by Crippen LogP contribution is -2.53. The predicted molar refractivity (Wildman–Crippen MR) is 261 cm³/mol. The molecule has 0 aromatic rings. The Hall–Kier alpha value is -1.21. The lowest BCUT2D eigenvalue weighted by molar-refractivity contribution is -0.132. The molecule has 0 aromatic carbocycles. The third-order valence-corrected chi connectivity index (χ3v) is 12.6. The van der Waals surface area contributed by atoms with E-state index in [4.69, 9.17) is 0 Å². The Balaban J connectivity index is 3.68. The maximum atomic E-state index is 12.6. The highest BCUT2D eigenvalue weighted by atomic mass is 16.3. The molecular formula is C54H105NO5. The molecule has 4 unspecified atom stereocenters. The Morgan fingerprint density at radius 3 is 1.00 bits per heavy atom. The molecule has 0 aliphatic carbocycles. The van der Waals surface area contributed by atoms with Gasteiger partial charge in [0.05, 0.1) is 18.8 Å². The molecule has 6 heteroatoms. The van der Waals surface area contributed by atoms with E-state index in [2.05, 4.69) is 43.5 Å². The number of carbonyl (C=O) groups excluding carboxylic acids is 1. The Morgan fingerprint density at radius 1 is 0.400 bits per heavy atom. The highest BCUT2D eigenvalue weighted by Crippen LogP contribution is 2.17. The van der Waals surface area contributed by atoms with Crippen LogP contribution in [0.3, 0.4) is 0 Å². The van der Waals surface area contributed by atoms with E-state index in [0.29, 0.717) is 12.8 Å². The highest BCUT2D eigenvalue weighted by Gasteiger charge is 2.28. The van der Waals surface area contributed by atoms with Crippen molar-refractivity contribution in [2.24, 2.45) is 0 Å². The van der Waals surface area contributed by atoms with Crippen LogP contribution >= 0.6 is 0 Å². The van der Waals surface area contributed by atoms with Crippen molar-refractivity contribution in [3.05, 3.63) is 24.3 Å². The first-order valence-corrected chi connectivity index (χ1v) is 26.7. The normalized spacial score (nSPS) is 14.0. The van der Waals surface area contributed by atoms with Crippen molar-refractivity contribution in [2.75, 3.05) is 6.61 Å². The fourth-order valence-electron chi connectivity index (χ4n) is 8.40. The zero-order chi connectivity index (χ0) is 43.8. The molecule has 0 bridgehead atoms. The molecule has 0 aliphatic rings. The molecule has 0 aromatic heterocycles. The largest absolute Gasteiger partial charge is 0.394 e. The summed E-state index contributed by atoms with van der Waals surface area (Å²) in [5.74, 6) is -0.595. The number of aliphatic hydroxyl groups is 4. The summed E-state index contributed by atoms with van der Waals surface area (Å²) in [6, 6.07) is -1.00. The lowest BCUT2D eigenvalue weighted by Gasteiger charge is -2.27. The number of hydrogen-bond donors (Lipinski definition) is 5. The van der Waals surface area contributed by atoms with Gasteiger partial charge in [-0.05, 0) is 64.2 Å². The number of hydrogen-bond acceptors (Lipinski definition) is 5. The van der Waals surface area contributed by atoms with Gasteiger partial charge in [-0.25, -0.2) is 0 Å². The Labute approximate surface area is 374 Å². The molecule has 1 amide bonds. The molecular weight excluding hydrogens is 743 g/mol. The fraction of sp³-hybridized carbons (Fsp3) is 0.907. The highest BCUT2D eigenvalue weighted by molar-refractivity contribution is 5.80. The molecule has 6 nitrogen and oxygen atoms in total. The van der Waals surface area contributed by atoms with E-state index in [1.165, 1.54) is 212 Å². The monoisotopic (exact) mass is 848 g/mol. The maximum Gasteiger partial charge on any atom is 0.249 e.